The number of carbonyl (C=O) groups is 1. The van der Waals surface area contributed by atoms with Crippen molar-refractivity contribution in [2.75, 3.05) is 11.4 Å². The molecule has 1 unspecified atom stereocenters. The smallest absolute Gasteiger partial charge is 0.333 e. The molecule has 0 aromatic carbocycles. The van der Waals surface area contributed by atoms with Crippen molar-refractivity contribution in [1.29, 1.82) is 0 Å². The van der Waals surface area contributed by atoms with Crippen LogP contribution in [0.15, 0.2) is 0 Å². The van der Waals surface area contributed by atoms with Gasteiger partial charge in [0.05, 0.1) is 4.92 Å². The molecule has 8 nitrogen and oxygen atoms in total. The van der Waals surface area contributed by atoms with Gasteiger partial charge in [-0.1, -0.05) is 6.92 Å². The lowest BCUT2D eigenvalue weighted by Crippen LogP contribution is -2.39. The standard InChI is InChI=1S/C12H20N4O4/c1-5-8(3)14(7-10(17)18)12-11(16(19)20)9(4)13-15(12)6-2/h8H,5-7H2,1-4H3,(H,17,18). The number of carboxylic acid groups (broad SMARTS) is 1. The number of anilines is 1. The Kier molecular flexibility index (Phi) is 5.06. The summed E-state index contributed by atoms with van der Waals surface area (Å²) >= 11 is 0. The summed E-state index contributed by atoms with van der Waals surface area (Å²) in [5.74, 6) is -0.757. The van der Waals surface area contributed by atoms with Gasteiger partial charge in [0.15, 0.2) is 0 Å². The molecule has 0 amide bonds. The van der Waals surface area contributed by atoms with Crippen LogP contribution in [0.4, 0.5) is 11.5 Å². The third kappa shape index (κ3) is 3.06. The van der Waals surface area contributed by atoms with Crippen molar-refractivity contribution in [3.63, 3.8) is 0 Å². The van der Waals surface area contributed by atoms with E-state index in [4.69, 9.17) is 5.11 Å². The van der Waals surface area contributed by atoms with E-state index in [1.165, 1.54) is 9.58 Å². The number of nitro groups is 1. The zero-order chi connectivity index (χ0) is 15.4. The van der Waals surface area contributed by atoms with Gasteiger partial charge in [0, 0.05) is 12.6 Å². The Morgan fingerprint density at radius 2 is 2.15 bits per heavy atom. The van der Waals surface area contributed by atoms with Crippen LogP contribution in [0.25, 0.3) is 0 Å². The maximum absolute atomic E-state index is 11.3. The highest BCUT2D eigenvalue weighted by molar-refractivity contribution is 5.75. The maximum Gasteiger partial charge on any atom is 0.333 e. The second kappa shape index (κ2) is 6.36. The van der Waals surface area contributed by atoms with Crippen molar-refractivity contribution in [3.8, 4) is 0 Å². The van der Waals surface area contributed by atoms with E-state index in [0.29, 0.717) is 18.7 Å². The second-order valence-electron chi connectivity index (χ2n) is 4.61. The summed E-state index contributed by atoms with van der Waals surface area (Å²) in [6.45, 7) is 7.27. The zero-order valence-electron chi connectivity index (χ0n) is 12.2. The summed E-state index contributed by atoms with van der Waals surface area (Å²) in [7, 11) is 0. The molecule has 0 radical (unpaired) electrons. The molecule has 1 rings (SSSR count). The molecule has 1 N–H and O–H groups in total. The van der Waals surface area contributed by atoms with E-state index in [1.54, 1.807) is 6.92 Å². The molecule has 0 fully saturated rings. The summed E-state index contributed by atoms with van der Waals surface area (Å²) < 4.78 is 1.49. The van der Waals surface area contributed by atoms with Gasteiger partial charge in [0.25, 0.3) is 0 Å². The fourth-order valence-electron chi connectivity index (χ4n) is 2.08. The Morgan fingerprint density at radius 1 is 1.55 bits per heavy atom. The van der Waals surface area contributed by atoms with Gasteiger partial charge in [-0.15, -0.1) is 0 Å². The molecule has 20 heavy (non-hydrogen) atoms. The van der Waals surface area contributed by atoms with Crippen molar-refractivity contribution < 1.29 is 14.8 Å². The minimum Gasteiger partial charge on any atom is -0.480 e. The molecule has 0 aliphatic heterocycles. The Balaban J connectivity index is 3.44. The predicted octanol–water partition coefficient (Wildman–Crippen LogP) is 1.81. The quantitative estimate of drug-likeness (QED) is 0.605. The third-order valence-corrected chi connectivity index (χ3v) is 3.25. The van der Waals surface area contributed by atoms with E-state index < -0.39 is 10.9 Å². The summed E-state index contributed by atoms with van der Waals surface area (Å²) in [5.41, 5.74) is 0.180. The molecule has 0 saturated carbocycles. The molecular formula is C12H20N4O4. The van der Waals surface area contributed by atoms with Crippen molar-refractivity contribution in [2.24, 2.45) is 0 Å². The largest absolute Gasteiger partial charge is 0.480 e. The first kappa shape index (κ1) is 15.9. The van der Waals surface area contributed by atoms with Crippen LogP contribution in [-0.2, 0) is 11.3 Å². The average Bonchev–Trinajstić information content (AvgIpc) is 2.71. The van der Waals surface area contributed by atoms with Crippen LogP contribution in [0.2, 0.25) is 0 Å². The first-order chi connectivity index (χ1) is 9.33. The number of nitrogens with zero attached hydrogens (tertiary/aromatic N) is 4. The van der Waals surface area contributed by atoms with Gasteiger partial charge in [0.1, 0.15) is 12.2 Å². The molecule has 0 bridgehead atoms. The van der Waals surface area contributed by atoms with Gasteiger partial charge in [-0.25, -0.2) is 4.68 Å². The summed E-state index contributed by atoms with van der Waals surface area (Å²) in [5, 5.41) is 24.4. The first-order valence-corrected chi connectivity index (χ1v) is 6.53. The fraction of sp³-hybridized carbons (Fsp3) is 0.667. The molecular weight excluding hydrogens is 264 g/mol. The van der Waals surface area contributed by atoms with Crippen LogP contribution in [-0.4, -0.2) is 38.4 Å². The minimum atomic E-state index is -1.03. The van der Waals surface area contributed by atoms with Crippen molar-refractivity contribution >= 4 is 17.5 Å². The highest BCUT2D eigenvalue weighted by Crippen LogP contribution is 2.33. The predicted molar refractivity (Wildman–Crippen MR) is 74.0 cm³/mol. The van der Waals surface area contributed by atoms with E-state index in [0.717, 1.165) is 0 Å². The van der Waals surface area contributed by atoms with Gasteiger partial charge >= 0.3 is 11.7 Å². The molecule has 1 aromatic heterocycles. The third-order valence-electron chi connectivity index (χ3n) is 3.25. The summed E-state index contributed by atoms with van der Waals surface area (Å²) in [4.78, 5) is 23.3. The van der Waals surface area contributed by atoms with Crippen LogP contribution >= 0.6 is 0 Å². The topological polar surface area (TPSA) is 102 Å². The molecule has 112 valence electrons. The van der Waals surface area contributed by atoms with Gasteiger partial charge in [-0.2, -0.15) is 5.10 Å². The lowest BCUT2D eigenvalue weighted by atomic mass is 10.2. The molecule has 0 aliphatic carbocycles. The monoisotopic (exact) mass is 284 g/mol. The van der Waals surface area contributed by atoms with E-state index in [9.17, 15) is 14.9 Å². The van der Waals surface area contributed by atoms with Crippen LogP contribution in [0.5, 0.6) is 0 Å². The molecule has 1 aromatic rings. The summed E-state index contributed by atoms with van der Waals surface area (Å²) in [6.07, 6.45) is 0.679. The molecule has 0 spiro atoms. The van der Waals surface area contributed by atoms with Gasteiger partial charge in [-0.3, -0.25) is 14.9 Å². The first-order valence-electron chi connectivity index (χ1n) is 6.53. The van der Waals surface area contributed by atoms with Crippen LogP contribution in [0, 0.1) is 17.0 Å². The fourth-order valence-corrected chi connectivity index (χ4v) is 2.08. The van der Waals surface area contributed by atoms with Gasteiger partial charge < -0.3 is 10.0 Å². The maximum atomic E-state index is 11.3. The van der Waals surface area contributed by atoms with Gasteiger partial charge in [0.2, 0.25) is 5.82 Å². The molecule has 1 atom stereocenters. The summed E-state index contributed by atoms with van der Waals surface area (Å²) in [6, 6.07) is -0.133. The molecule has 8 heteroatoms. The Labute approximate surface area is 117 Å². The number of rotatable bonds is 7. The van der Waals surface area contributed by atoms with E-state index in [1.807, 2.05) is 20.8 Å². The number of hydrogen-bond donors (Lipinski definition) is 1. The zero-order valence-corrected chi connectivity index (χ0v) is 12.2. The van der Waals surface area contributed by atoms with Gasteiger partial charge in [-0.05, 0) is 27.2 Å². The van der Waals surface area contributed by atoms with Crippen LogP contribution in [0.1, 0.15) is 32.9 Å². The van der Waals surface area contributed by atoms with Crippen molar-refractivity contribution in [2.45, 2.75) is 46.7 Å². The highest BCUT2D eigenvalue weighted by Gasteiger charge is 2.32. The normalized spacial score (nSPS) is 12.2. The average molecular weight is 284 g/mol. The Morgan fingerprint density at radius 3 is 2.55 bits per heavy atom. The number of aromatic nitrogens is 2. The number of aryl methyl sites for hydroxylation is 2. The Hall–Kier alpha value is -2.12. The molecule has 0 aliphatic rings. The van der Waals surface area contributed by atoms with Crippen molar-refractivity contribution in [3.05, 3.63) is 15.8 Å². The van der Waals surface area contributed by atoms with E-state index in [2.05, 4.69) is 5.10 Å². The molecule has 1 heterocycles. The van der Waals surface area contributed by atoms with E-state index in [-0.39, 0.29) is 24.1 Å². The highest BCUT2D eigenvalue weighted by atomic mass is 16.6. The minimum absolute atomic E-state index is 0.117. The lowest BCUT2D eigenvalue weighted by Gasteiger charge is -2.28. The Bertz CT molecular complexity index is 512. The van der Waals surface area contributed by atoms with Crippen LogP contribution in [0.3, 0.4) is 0 Å². The molecule has 0 saturated heterocycles. The SMILES string of the molecule is CCC(C)N(CC(=O)O)c1c([N+](=O)[O-])c(C)nn1CC. The number of carboxylic acids is 1. The lowest BCUT2D eigenvalue weighted by molar-refractivity contribution is -0.384. The number of aliphatic carboxylic acids is 1. The van der Waals surface area contributed by atoms with Crippen molar-refractivity contribution in [1.82, 2.24) is 9.78 Å². The second-order valence-corrected chi connectivity index (χ2v) is 4.61. The van der Waals surface area contributed by atoms with Crippen LogP contribution < -0.4 is 4.90 Å². The van der Waals surface area contributed by atoms with E-state index >= 15 is 0 Å². The number of hydrogen-bond acceptors (Lipinski definition) is 5.